The predicted molar refractivity (Wildman–Crippen MR) is 78.5 cm³/mol. The van der Waals surface area contributed by atoms with Gasteiger partial charge in [0.05, 0.1) is 37.2 Å². The van der Waals surface area contributed by atoms with Gasteiger partial charge in [-0.15, -0.1) is 0 Å². The maximum absolute atomic E-state index is 6.36. The van der Waals surface area contributed by atoms with E-state index in [0.29, 0.717) is 23.1 Å². The molecule has 0 bridgehead atoms. The molecule has 1 aromatic heterocycles. The third kappa shape index (κ3) is 2.46. The lowest BCUT2D eigenvalue weighted by atomic mass is 10.0. The maximum atomic E-state index is 6.36. The van der Waals surface area contributed by atoms with Crippen LogP contribution in [-0.2, 0) is 6.54 Å². The van der Waals surface area contributed by atoms with Crippen LogP contribution >= 0.6 is 11.6 Å². The van der Waals surface area contributed by atoms with E-state index in [1.165, 1.54) is 0 Å². The Hall–Kier alpha value is -1.72. The van der Waals surface area contributed by atoms with Crippen molar-refractivity contribution in [1.82, 2.24) is 9.78 Å². The fourth-order valence-corrected chi connectivity index (χ4v) is 2.50. The third-order valence-electron chi connectivity index (χ3n) is 3.20. The molecule has 0 saturated heterocycles. The van der Waals surface area contributed by atoms with Crippen molar-refractivity contribution in [3.05, 3.63) is 40.7 Å². The lowest BCUT2D eigenvalue weighted by molar-refractivity contribution is 0.350. The molecule has 1 unspecified atom stereocenters. The molecule has 108 valence electrons. The lowest BCUT2D eigenvalue weighted by Gasteiger charge is -2.19. The molecule has 20 heavy (non-hydrogen) atoms. The van der Waals surface area contributed by atoms with E-state index in [1.54, 1.807) is 25.1 Å². The maximum Gasteiger partial charge on any atom is 0.165 e. The standard InChI is InChI=1S/C14H18ClN3O2/c1-4-18-13(10(15)8-17-18)12(16)9-6-5-7-11(19-2)14(9)20-3/h5-8,12H,4,16H2,1-3H3. The first-order chi connectivity index (χ1) is 9.63. The van der Waals surface area contributed by atoms with Crippen LogP contribution in [0.2, 0.25) is 5.02 Å². The largest absolute Gasteiger partial charge is 0.493 e. The van der Waals surface area contributed by atoms with Gasteiger partial charge in [0, 0.05) is 12.1 Å². The van der Waals surface area contributed by atoms with Crippen LogP contribution in [0.25, 0.3) is 0 Å². The zero-order chi connectivity index (χ0) is 14.7. The summed E-state index contributed by atoms with van der Waals surface area (Å²) in [5.41, 5.74) is 7.93. The molecule has 1 aromatic carbocycles. The summed E-state index contributed by atoms with van der Waals surface area (Å²) >= 11 is 6.20. The SMILES string of the molecule is CCn1ncc(Cl)c1C(N)c1cccc(OC)c1OC. The molecule has 0 aliphatic rings. The van der Waals surface area contributed by atoms with Crippen LogP contribution in [0.4, 0.5) is 0 Å². The van der Waals surface area contributed by atoms with Gasteiger partial charge in [0.25, 0.3) is 0 Å². The van der Waals surface area contributed by atoms with Gasteiger partial charge in [-0.1, -0.05) is 23.7 Å². The second kappa shape index (κ2) is 6.15. The van der Waals surface area contributed by atoms with E-state index in [9.17, 15) is 0 Å². The van der Waals surface area contributed by atoms with Crippen molar-refractivity contribution in [1.29, 1.82) is 0 Å². The van der Waals surface area contributed by atoms with Gasteiger partial charge in [-0.2, -0.15) is 5.10 Å². The van der Waals surface area contributed by atoms with Crippen LogP contribution < -0.4 is 15.2 Å². The smallest absolute Gasteiger partial charge is 0.165 e. The van der Waals surface area contributed by atoms with E-state index in [1.807, 2.05) is 25.1 Å². The molecule has 0 radical (unpaired) electrons. The minimum absolute atomic E-state index is 0.435. The van der Waals surface area contributed by atoms with Gasteiger partial charge in [-0.3, -0.25) is 4.68 Å². The quantitative estimate of drug-likeness (QED) is 0.921. The molecule has 0 saturated carbocycles. The molecule has 0 aliphatic carbocycles. The minimum Gasteiger partial charge on any atom is -0.493 e. The Morgan fingerprint density at radius 1 is 1.35 bits per heavy atom. The highest BCUT2D eigenvalue weighted by Crippen LogP contribution is 2.37. The first-order valence-electron chi connectivity index (χ1n) is 6.31. The number of hydrogen-bond donors (Lipinski definition) is 1. The normalized spacial score (nSPS) is 12.2. The van der Waals surface area contributed by atoms with E-state index < -0.39 is 6.04 Å². The molecule has 0 aliphatic heterocycles. The van der Waals surface area contributed by atoms with Gasteiger partial charge in [-0.25, -0.2) is 0 Å². The Labute approximate surface area is 123 Å². The Morgan fingerprint density at radius 2 is 2.10 bits per heavy atom. The van der Waals surface area contributed by atoms with Crippen LogP contribution in [0.15, 0.2) is 24.4 Å². The Balaban J connectivity index is 2.53. The summed E-state index contributed by atoms with van der Waals surface area (Å²) in [5.74, 6) is 1.25. The number of hydrogen-bond acceptors (Lipinski definition) is 4. The average molecular weight is 296 g/mol. The average Bonchev–Trinajstić information content (AvgIpc) is 2.86. The lowest BCUT2D eigenvalue weighted by Crippen LogP contribution is -2.18. The summed E-state index contributed by atoms with van der Waals surface area (Å²) in [6.07, 6.45) is 1.60. The molecule has 1 atom stereocenters. The Morgan fingerprint density at radius 3 is 2.70 bits per heavy atom. The van der Waals surface area contributed by atoms with E-state index in [4.69, 9.17) is 26.8 Å². The van der Waals surface area contributed by atoms with E-state index in [2.05, 4.69) is 5.10 Å². The number of aryl methyl sites for hydroxylation is 1. The molecule has 0 amide bonds. The van der Waals surface area contributed by atoms with Gasteiger partial charge < -0.3 is 15.2 Å². The van der Waals surface area contributed by atoms with Crippen molar-refractivity contribution in [2.45, 2.75) is 19.5 Å². The van der Waals surface area contributed by atoms with Crippen LogP contribution in [0.3, 0.4) is 0 Å². The molecular formula is C14H18ClN3O2. The van der Waals surface area contributed by atoms with Crippen molar-refractivity contribution >= 4 is 11.6 Å². The molecule has 0 fully saturated rings. The second-order valence-corrected chi connectivity index (χ2v) is 4.66. The first-order valence-corrected chi connectivity index (χ1v) is 6.69. The van der Waals surface area contributed by atoms with Gasteiger partial charge in [0.15, 0.2) is 11.5 Å². The van der Waals surface area contributed by atoms with Crippen LogP contribution in [0.1, 0.15) is 24.2 Å². The van der Waals surface area contributed by atoms with E-state index in [0.717, 1.165) is 11.3 Å². The summed E-state index contributed by atoms with van der Waals surface area (Å²) in [6.45, 7) is 2.68. The molecule has 5 nitrogen and oxygen atoms in total. The summed E-state index contributed by atoms with van der Waals surface area (Å²) in [5, 5.41) is 4.76. The number of benzene rings is 1. The van der Waals surface area contributed by atoms with E-state index >= 15 is 0 Å². The number of aromatic nitrogens is 2. The van der Waals surface area contributed by atoms with Crippen molar-refractivity contribution in [3.8, 4) is 11.5 Å². The Kier molecular flexibility index (Phi) is 4.52. The zero-order valence-corrected chi connectivity index (χ0v) is 12.5. The van der Waals surface area contributed by atoms with Crippen molar-refractivity contribution in [2.24, 2.45) is 5.73 Å². The molecule has 2 rings (SSSR count). The second-order valence-electron chi connectivity index (χ2n) is 4.25. The summed E-state index contributed by atoms with van der Waals surface area (Å²) in [6, 6.07) is 5.16. The minimum atomic E-state index is -0.435. The number of rotatable bonds is 5. The van der Waals surface area contributed by atoms with Crippen molar-refractivity contribution < 1.29 is 9.47 Å². The number of nitrogens with two attached hydrogens (primary N) is 1. The zero-order valence-electron chi connectivity index (χ0n) is 11.8. The van der Waals surface area contributed by atoms with Gasteiger partial charge in [0.2, 0.25) is 0 Å². The fraction of sp³-hybridized carbons (Fsp3) is 0.357. The molecule has 0 spiro atoms. The molecule has 1 heterocycles. The molecule has 2 N–H and O–H groups in total. The van der Waals surface area contributed by atoms with Crippen LogP contribution in [0, 0.1) is 0 Å². The van der Waals surface area contributed by atoms with Crippen LogP contribution in [0.5, 0.6) is 11.5 Å². The highest BCUT2D eigenvalue weighted by atomic mass is 35.5. The van der Waals surface area contributed by atoms with Crippen LogP contribution in [-0.4, -0.2) is 24.0 Å². The van der Waals surface area contributed by atoms with Gasteiger partial charge in [0.1, 0.15) is 0 Å². The number of methoxy groups -OCH3 is 2. The monoisotopic (exact) mass is 295 g/mol. The topological polar surface area (TPSA) is 62.3 Å². The van der Waals surface area contributed by atoms with Crippen molar-refractivity contribution in [3.63, 3.8) is 0 Å². The van der Waals surface area contributed by atoms with E-state index in [-0.39, 0.29) is 0 Å². The number of halogens is 1. The molecular weight excluding hydrogens is 278 g/mol. The summed E-state index contributed by atoms with van der Waals surface area (Å²) in [7, 11) is 3.18. The molecule has 6 heteroatoms. The number of nitrogens with zero attached hydrogens (tertiary/aromatic N) is 2. The first kappa shape index (κ1) is 14.7. The van der Waals surface area contributed by atoms with Gasteiger partial charge >= 0.3 is 0 Å². The van der Waals surface area contributed by atoms with Crippen molar-refractivity contribution in [2.75, 3.05) is 14.2 Å². The highest BCUT2D eigenvalue weighted by Gasteiger charge is 2.22. The van der Waals surface area contributed by atoms with Gasteiger partial charge in [-0.05, 0) is 13.0 Å². The number of para-hydroxylation sites is 1. The summed E-state index contributed by atoms with van der Waals surface area (Å²) < 4.78 is 12.5. The fourth-order valence-electron chi connectivity index (χ4n) is 2.24. The molecule has 2 aromatic rings. The predicted octanol–water partition coefficient (Wildman–Crippen LogP) is 2.62. The Bertz CT molecular complexity index is 598. The third-order valence-corrected chi connectivity index (χ3v) is 3.49. The highest BCUT2D eigenvalue weighted by molar-refractivity contribution is 6.31. The number of ether oxygens (including phenoxy) is 2. The summed E-state index contributed by atoms with van der Waals surface area (Å²) in [4.78, 5) is 0.